The van der Waals surface area contributed by atoms with Crippen molar-refractivity contribution in [3.8, 4) is 0 Å². The minimum Gasteiger partial charge on any atom is -0.387 e. The van der Waals surface area contributed by atoms with Gasteiger partial charge in [-0.2, -0.15) is 0 Å². The van der Waals surface area contributed by atoms with E-state index in [-0.39, 0.29) is 0 Å². The van der Waals surface area contributed by atoms with E-state index in [0.29, 0.717) is 12.5 Å². The van der Waals surface area contributed by atoms with Gasteiger partial charge in [-0.1, -0.05) is 0 Å². The highest BCUT2D eigenvalue weighted by atomic mass is 16.5. The molecule has 1 unspecified atom stereocenters. The molecule has 3 nitrogen and oxygen atoms in total. The van der Waals surface area contributed by atoms with Gasteiger partial charge < -0.3 is 15.2 Å². The van der Waals surface area contributed by atoms with Gasteiger partial charge in [-0.3, -0.25) is 0 Å². The largest absolute Gasteiger partial charge is 0.387 e. The second-order valence-corrected chi connectivity index (χ2v) is 3.15. The zero-order valence-electron chi connectivity index (χ0n) is 6.55. The Hall–Kier alpha value is -0.120. The van der Waals surface area contributed by atoms with Crippen LogP contribution in [0.5, 0.6) is 0 Å². The number of hydrogen-bond donors (Lipinski definition) is 2. The highest BCUT2D eigenvalue weighted by Crippen LogP contribution is 2.20. The van der Waals surface area contributed by atoms with E-state index < -0.39 is 5.60 Å². The summed E-state index contributed by atoms with van der Waals surface area (Å²) in [5.41, 5.74) is -0.639. The molecule has 1 heterocycles. The van der Waals surface area contributed by atoms with Crippen LogP contribution in [0.3, 0.4) is 0 Å². The van der Waals surface area contributed by atoms with Crippen molar-refractivity contribution in [1.29, 1.82) is 0 Å². The molecule has 0 amide bonds. The SMILES string of the molecule is COCC(C)(O)C1CNC1. The predicted octanol–water partition coefficient (Wildman–Crippen LogP) is -0.397. The summed E-state index contributed by atoms with van der Waals surface area (Å²) in [6, 6.07) is 0. The van der Waals surface area contributed by atoms with E-state index >= 15 is 0 Å². The smallest absolute Gasteiger partial charge is 0.0904 e. The molecule has 0 bridgehead atoms. The minimum atomic E-state index is -0.639. The van der Waals surface area contributed by atoms with Crippen LogP contribution in [0.2, 0.25) is 0 Å². The van der Waals surface area contributed by atoms with Crippen molar-refractivity contribution in [2.24, 2.45) is 5.92 Å². The third-order valence-electron chi connectivity index (χ3n) is 2.10. The van der Waals surface area contributed by atoms with Crippen molar-refractivity contribution >= 4 is 0 Å². The first-order valence-electron chi connectivity index (χ1n) is 3.59. The lowest BCUT2D eigenvalue weighted by Crippen LogP contribution is -2.56. The van der Waals surface area contributed by atoms with Crippen LogP contribution in [-0.2, 0) is 4.74 Å². The molecule has 60 valence electrons. The molecule has 1 aliphatic rings. The fraction of sp³-hybridized carbons (Fsp3) is 1.00. The lowest BCUT2D eigenvalue weighted by molar-refractivity contribution is -0.0742. The van der Waals surface area contributed by atoms with E-state index in [9.17, 15) is 5.11 Å². The van der Waals surface area contributed by atoms with Crippen molar-refractivity contribution in [2.75, 3.05) is 26.8 Å². The maximum absolute atomic E-state index is 9.67. The molecule has 0 saturated carbocycles. The van der Waals surface area contributed by atoms with Crippen molar-refractivity contribution in [3.05, 3.63) is 0 Å². The Morgan fingerprint density at radius 2 is 2.30 bits per heavy atom. The first kappa shape index (κ1) is 7.98. The first-order valence-corrected chi connectivity index (χ1v) is 3.59. The number of methoxy groups -OCH3 is 1. The molecule has 0 aromatic rings. The molecular weight excluding hydrogens is 130 g/mol. The number of ether oxygens (including phenoxy) is 1. The van der Waals surface area contributed by atoms with Crippen molar-refractivity contribution in [3.63, 3.8) is 0 Å². The van der Waals surface area contributed by atoms with Crippen LogP contribution < -0.4 is 5.32 Å². The topological polar surface area (TPSA) is 41.5 Å². The normalized spacial score (nSPS) is 25.5. The molecule has 10 heavy (non-hydrogen) atoms. The van der Waals surface area contributed by atoms with Crippen LogP contribution in [0.15, 0.2) is 0 Å². The molecule has 1 atom stereocenters. The van der Waals surface area contributed by atoms with E-state index in [1.807, 2.05) is 6.92 Å². The van der Waals surface area contributed by atoms with E-state index in [0.717, 1.165) is 13.1 Å². The fourth-order valence-corrected chi connectivity index (χ4v) is 1.14. The summed E-state index contributed by atoms with van der Waals surface area (Å²) < 4.78 is 4.89. The first-order chi connectivity index (χ1) is 4.67. The summed E-state index contributed by atoms with van der Waals surface area (Å²) in [5, 5.41) is 12.8. The molecule has 1 fully saturated rings. The lowest BCUT2D eigenvalue weighted by atomic mass is 9.85. The van der Waals surface area contributed by atoms with Gasteiger partial charge in [0, 0.05) is 26.1 Å². The minimum absolute atomic E-state index is 0.368. The fourth-order valence-electron chi connectivity index (χ4n) is 1.14. The van der Waals surface area contributed by atoms with Crippen LogP contribution >= 0.6 is 0 Å². The van der Waals surface area contributed by atoms with Gasteiger partial charge in [-0.25, -0.2) is 0 Å². The zero-order chi connectivity index (χ0) is 7.61. The maximum Gasteiger partial charge on any atom is 0.0904 e. The average molecular weight is 145 g/mol. The summed E-state index contributed by atoms with van der Waals surface area (Å²) in [4.78, 5) is 0. The third-order valence-corrected chi connectivity index (χ3v) is 2.10. The van der Waals surface area contributed by atoms with E-state index in [2.05, 4.69) is 5.32 Å². The predicted molar refractivity (Wildman–Crippen MR) is 38.9 cm³/mol. The summed E-state index contributed by atoms with van der Waals surface area (Å²) in [6.07, 6.45) is 0. The Morgan fingerprint density at radius 3 is 2.60 bits per heavy atom. The third kappa shape index (κ3) is 1.48. The standard InChI is InChI=1S/C7H15NO2/c1-7(9,5-10-2)6-3-8-4-6/h6,8-9H,3-5H2,1-2H3. The molecule has 1 saturated heterocycles. The van der Waals surface area contributed by atoms with Crippen LogP contribution in [-0.4, -0.2) is 37.5 Å². The number of aliphatic hydroxyl groups is 1. The van der Waals surface area contributed by atoms with Gasteiger partial charge in [-0.05, 0) is 6.92 Å². The number of rotatable bonds is 3. The average Bonchev–Trinajstić information content (AvgIpc) is 1.56. The van der Waals surface area contributed by atoms with E-state index in [1.54, 1.807) is 7.11 Å². The molecular formula is C7H15NO2. The second-order valence-electron chi connectivity index (χ2n) is 3.15. The molecule has 0 aromatic heterocycles. The second kappa shape index (κ2) is 2.86. The lowest BCUT2D eigenvalue weighted by Gasteiger charge is -2.38. The molecule has 0 radical (unpaired) electrons. The number of hydrogen-bond acceptors (Lipinski definition) is 3. The highest BCUT2D eigenvalue weighted by Gasteiger charge is 2.35. The summed E-state index contributed by atoms with van der Waals surface area (Å²) in [7, 11) is 1.61. The Labute approximate surface area is 61.4 Å². The van der Waals surface area contributed by atoms with Crippen LogP contribution in [0.25, 0.3) is 0 Å². The Balaban J connectivity index is 2.33. The molecule has 1 rings (SSSR count). The molecule has 0 spiro atoms. The Bertz CT molecular complexity index is 110. The van der Waals surface area contributed by atoms with Gasteiger partial charge in [0.25, 0.3) is 0 Å². The van der Waals surface area contributed by atoms with Crippen molar-refractivity contribution in [2.45, 2.75) is 12.5 Å². The van der Waals surface area contributed by atoms with E-state index in [1.165, 1.54) is 0 Å². The zero-order valence-corrected chi connectivity index (χ0v) is 6.55. The van der Waals surface area contributed by atoms with Crippen LogP contribution in [0.4, 0.5) is 0 Å². The van der Waals surface area contributed by atoms with Gasteiger partial charge in [0.15, 0.2) is 0 Å². The summed E-state index contributed by atoms with van der Waals surface area (Å²) >= 11 is 0. The summed E-state index contributed by atoms with van der Waals surface area (Å²) in [5.74, 6) is 0.368. The Kier molecular flexibility index (Phi) is 2.28. The quantitative estimate of drug-likeness (QED) is 0.568. The van der Waals surface area contributed by atoms with Crippen LogP contribution in [0.1, 0.15) is 6.92 Å². The van der Waals surface area contributed by atoms with Gasteiger partial charge in [0.2, 0.25) is 0 Å². The van der Waals surface area contributed by atoms with E-state index in [4.69, 9.17) is 4.74 Å². The molecule has 1 aliphatic heterocycles. The summed E-state index contributed by atoms with van der Waals surface area (Å²) in [6.45, 7) is 4.08. The Morgan fingerprint density at radius 1 is 1.70 bits per heavy atom. The van der Waals surface area contributed by atoms with Gasteiger partial charge in [0.1, 0.15) is 0 Å². The monoisotopic (exact) mass is 145 g/mol. The molecule has 0 aliphatic carbocycles. The number of nitrogens with one attached hydrogen (secondary N) is 1. The van der Waals surface area contributed by atoms with Gasteiger partial charge >= 0.3 is 0 Å². The maximum atomic E-state index is 9.67. The molecule has 0 aromatic carbocycles. The molecule has 2 N–H and O–H groups in total. The van der Waals surface area contributed by atoms with Crippen molar-refractivity contribution in [1.82, 2.24) is 5.32 Å². The van der Waals surface area contributed by atoms with Gasteiger partial charge in [0.05, 0.1) is 12.2 Å². The van der Waals surface area contributed by atoms with Gasteiger partial charge in [-0.15, -0.1) is 0 Å². The van der Waals surface area contributed by atoms with Crippen LogP contribution in [0, 0.1) is 5.92 Å². The molecule has 3 heteroatoms. The highest BCUT2D eigenvalue weighted by molar-refractivity contribution is 4.90. The van der Waals surface area contributed by atoms with Crippen molar-refractivity contribution < 1.29 is 9.84 Å².